The standard InChI is InChI=1S/C14H20N2O5/c1-14(2,3)21-13(19)16-10(12(17)18)7-9-5-6-11(20-4)15-8-9/h5-6,8,10H,7H2,1-4H3,(H,16,19)(H,17,18)/t10-/m0/s1. The smallest absolute Gasteiger partial charge is 0.408 e. The first-order valence-corrected chi connectivity index (χ1v) is 6.42. The van der Waals surface area contributed by atoms with Crippen molar-refractivity contribution >= 4 is 12.1 Å². The number of alkyl carbamates (subject to hydrolysis) is 1. The highest BCUT2D eigenvalue weighted by atomic mass is 16.6. The summed E-state index contributed by atoms with van der Waals surface area (Å²) in [6.07, 6.45) is 0.841. The molecule has 0 aliphatic heterocycles. The Morgan fingerprint density at radius 3 is 2.48 bits per heavy atom. The molecule has 116 valence electrons. The Morgan fingerprint density at radius 2 is 2.05 bits per heavy atom. The minimum Gasteiger partial charge on any atom is -0.481 e. The van der Waals surface area contributed by atoms with Gasteiger partial charge < -0.3 is 19.9 Å². The second-order valence-corrected chi connectivity index (χ2v) is 5.45. The van der Waals surface area contributed by atoms with Gasteiger partial charge in [-0.15, -0.1) is 0 Å². The molecule has 7 nitrogen and oxygen atoms in total. The van der Waals surface area contributed by atoms with E-state index >= 15 is 0 Å². The summed E-state index contributed by atoms with van der Waals surface area (Å²) in [5.41, 5.74) is -0.0197. The topological polar surface area (TPSA) is 97.8 Å². The molecule has 0 aromatic carbocycles. The van der Waals surface area contributed by atoms with E-state index in [4.69, 9.17) is 14.6 Å². The van der Waals surface area contributed by atoms with E-state index in [1.807, 2.05) is 0 Å². The van der Waals surface area contributed by atoms with Gasteiger partial charge in [0.25, 0.3) is 0 Å². The predicted octanol–water partition coefficient (Wildman–Crippen LogP) is 1.61. The lowest BCUT2D eigenvalue weighted by Gasteiger charge is -2.22. The summed E-state index contributed by atoms with van der Waals surface area (Å²) in [6, 6.07) is 2.23. The monoisotopic (exact) mass is 296 g/mol. The van der Waals surface area contributed by atoms with Crippen LogP contribution in [-0.2, 0) is 16.0 Å². The van der Waals surface area contributed by atoms with Gasteiger partial charge in [0.15, 0.2) is 0 Å². The van der Waals surface area contributed by atoms with Crippen LogP contribution in [0.3, 0.4) is 0 Å². The fourth-order valence-corrected chi connectivity index (χ4v) is 1.54. The number of nitrogens with one attached hydrogen (secondary N) is 1. The number of carboxylic acids is 1. The normalized spacial score (nSPS) is 12.4. The molecular formula is C14H20N2O5. The van der Waals surface area contributed by atoms with Gasteiger partial charge >= 0.3 is 12.1 Å². The molecule has 1 atom stereocenters. The fraction of sp³-hybridized carbons (Fsp3) is 0.500. The van der Waals surface area contributed by atoms with Crippen LogP contribution >= 0.6 is 0 Å². The molecule has 0 saturated carbocycles. The molecule has 0 bridgehead atoms. The third-order valence-corrected chi connectivity index (χ3v) is 2.44. The van der Waals surface area contributed by atoms with E-state index in [0.29, 0.717) is 11.4 Å². The number of rotatable bonds is 5. The molecule has 0 spiro atoms. The molecular weight excluding hydrogens is 276 g/mol. The summed E-state index contributed by atoms with van der Waals surface area (Å²) >= 11 is 0. The van der Waals surface area contributed by atoms with Gasteiger partial charge in [0.2, 0.25) is 5.88 Å². The van der Waals surface area contributed by atoms with Crippen molar-refractivity contribution in [2.24, 2.45) is 0 Å². The van der Waals surface area contributed by atoms with Crippen LogP contribution in [0.2, 0.25) is 0 Å². The maximum Gasteiger partial charge on any atom is 0.408 e. The number of pyridine rings is 1. The molecule has 21 heavy (non-hydrogen) atoms. The number of aliphatic carboxylic acids is 1. The first-order chi connectivity index (χ1) is 9.71. The van der Waals surface area contributed by atoms with E-state index in [9.17, 15) is 9.59 Å². The van der Waals surface area contributed by atoms with Crippen LogP contribution in [0.4, 0.5) is 4.79 Å². The van der Waals surface area contributed by atoms with Crippen LogP contribution in [-0.4, -0.2) is 40.9 Å². The third kappa shape index (κ3) is 6.11. The number of aromatic nitrogens is 1. The van der Waals surface area contributed by atoms with Crippen molar-refractivity contribution in [1.29, 1.82) is 0 Å². The summed E-state index contributed by atoms with van der Waals surface area (Å²) in [5, 5.41) is 11.5. The SMILES string of the molecule is COc1ccc(C[C@H](NC(=O)OC(C)(C)C)C(=O)O)cn1. The van der Waals surface area contributed by atoms with E-state index in [1.165, 1.54) is 13.3 Å². The van der Waals surface area contributed by atoms with Crippen molar-refractivity contribution in [2.75, 3.05) is 7.11 Å². The molecule has 1 rings (SSSR count). The van der Waals surface area contributed by atoms with Gasteiger partial charge in [-0.2, -0.15) is 0 Å². The summed E-state index contributed by atoms with van der Waals surface area (Å²) in [5.74, 6) is -0.706. The number of ether oxygens (including phenoxy) is 2. The van der Waals surface area contributed by atoms with Gasteiger partial charge in [0, 0.05) is 18.7 Å². The highest BCUT2D eigenvalue weighted by Crippen LogP contribution is 2.10. The quantitative estimate of drug-likeness (QED) is 0.856. The summed E-state index contributed by atoms with van der Waals surface area (Å²) in [6.45, 7) is 5.11. The zero-order chi connectivity index (χ0) is 16.0. The highest BCUT2D eigenvalue weighted by molar-refractivity contribution is 5.80. The van der Waals surface area contributed by atoms with Crippen LogP contribution in [0.15, 0.2) is 18.3 Å². The van der Waals surface area contributed by atoms with Crippen molar-refractivity contribution in [3.8, 4) is 5.88 Å². The number of hydrogen-bond donors (Lipinski definition) is 2. The van der Waals surface area contributed by atoms with Crippen molar-refractivity contribution < 1.29 is 24.2 Å². The zero-order valence-electron chi connectivity index (χ0n) is 12.5. The molecule has 0 aliphatic rings. The summed E-state index contributed by atoms with van der Waals surface area (Å²) in [4.78, 5) is 26.8. The first-order valence-electron chi connectivity index (χ1n) is 6.42. The molecule has 1 heterocycles. The number of methoxy groups -OCH3 is 1. The van der Waals surface area contributed by atoms with E-state index < -0.39 is 23.7 Å². The van der Waals surface area contributed by atoms with E-state index in [0.717, 1.165) is 0 Å². The van der Waals surface area contributed by atoms with Crippen LogP contribution < -0.4 is 10.1 Å². The molecule has 1 aromatic heterocycles. The summed E-state index contributed by atoms with van der Waals surface area (Å²) in [7, 11) is 1.49. The molecule has 2 N–H and O–H groups in total. The van der Waals surface area contributed by atoms with Gasteiger partial charge in [0.05, 0.1) is 7.11 Å². The van der Waals surface area contributed by atoms with E-state index in [-0.39, 0.29) is 6.42 Å². The minimum absolute atomic E-state index is 0.103. The van der Waals surface area contributed by atoms with Crippen LogP contribution in [0.5, 0.6) is 5.88 Å². The van der Waals surface area contributed by atoms with Crippen molar-refractivity contribution in [1.82, 2.24) is 10.3 Å². The third-order valence-electron chi connectivity index (χ3n) is 2.44. The number of amides is 1. The maximum absolute atomic E-state index is 11.6. The van der Waals surface area contributed by atoms with Crippen LogP contribution in [0.1, 0.15) is 26.3 Å². The maximum atomic E-state index is 11.6. The molecule has 0 radical (unpaired) electrons. The van der Waals surface area contributed by atoms with E-state index in [2.05, 4.69) is 10.3 Å². The zero-order valence-corrected chi connectivity index (χ0v) is 12.5. The average Bonchev–Trinajstić information content (AvgIpc) is 2.36. The Kier molecular flexibility index (Phi) is 5.52. The Morgan fingerprint density at radius 1 is 1.38 bits per heavy atom. The first kappa shape index (κ1) is 16.7. The van der Waals surface area contributed by atoms with Gasteiger partial charge in [-0.1, -0.05) is 6.07 Å². The number of carboxylic acid groups (broad SMARTS) is 1. The van der Waals surface area contributed by atoms with Crippen molar-refractivity contribution in [2.45, 2.75) is 38.8 Å². The minimum atomic E-state index is -1.14. The number of hydrogen-bond acceptors (Lipinski definition) is 5. The fourth-order valence-electron chi connectivity index (χ4n) is 1.54. The van der Waals surface area contributed by atoms with Gasteiger partial charge in [-0.3, -0.25) is 0 Å². The molecule has 7 heteroatoms. The number of carbonyl (C=O) groups excluding carboxylic acids is 1. The second-order valence-electron chi connectivity index (χ2n) is 5.45. The van der Waals surface area contributed by atoms with Crippen molar-refractivity contribution in [3.05, 3.63) is 23.9 Å². The molecule has 0 aliphatic carbocycles. The predicted molar refractivity (Wildman–Crippen MR) is 75.3 cm³/mol. The largest absolute Gasteiger partial charge is 0.481 e. The summed E-state index contributed by atoms with van der Waals surface area (Å²) < 4.78 is 9.97. The van der Waals surface area contributed by atoms with Gasteiger partial charge in [-0.25, -0.2) is 14.6 Å². The van der Waals surface area contributed by atoms with Crippen LogP contribution in [0.25, 0.3) is 0 Å². The van der Waals surface area contributed by atoms with Crippen molar-refractivity contribution in [3.63, 3.8) is 0 Å². The number of carbonyl (C=O) groups is 2. The Hall–Kier alpha value is -2.31. The lowest BCUT2D eigenvalue weighted by Crippen LogP contribution is -2.44. The Labute approximate surface area is 123 Å². The lowest BCUT2D eigenvalue weighted by molar-refractivity contribution is -0.139. The number of nitrogens with zero attached hydrogens (tertiary/aromatic N) is 1. The molecule has 0 fully saturated rings. The second kappa shape index (κ2) is 6.92. The van der Waals surface area contributed by atoms with Gasteiger partial charge in [0.1, 0.15) is 11.6 Å². The highest BCUT2D eigenvalue weighted by Gasteiger charge is 2.24. The Balaban J connectivity index is 2.69. The van der Waals surface area contributed by atoms with E-state index in [1.54, 1.807) is 32.9 Å². The average molecular weight is 296 g/mol. The molecule has 1 amide bonds. The molecule has 0 unspecified atom stereocenters. The molecule has 0 saturated heterocycles. The van der Waals surface area contributed by atoms with Gasteiger partial charge in [-0.05, 0) is 26.3 Å². The molecule has 1 aromatic rings. The lowest BCUT2D eigenvalue weighted by atomic mass is 10.1. The van der Waals surface area contributed by atoms with Crippen LogP contribution in [0, 0.1) is 0 Å². The Bertz CT molecular complexity index is 493.